The molecule has 0 radical (unpaired) electrons. The highest BCUT2D eigenvalue weighted by Crippen LogP contribution is 2.24. The van der Waals surface area contributed by atoms with Gasteiger partial charge in [0, 0.05) is 44.5 Å². The van der Waals surface area contributed by atoms with E-state index in [2.05, 4.69) is 45.6 Å². The first-order valence-electron chi connectivity index (χ1n) is 8.36. The number of piperazine rings is 1. The Morgan fingerprint density at radius 3 is 2.48 bits per heavy atom. The highest BCUT2D eigenvalue weighted by Gasteiger charge is 2.27. The van der Waals surface area contributed by atoms with Crippen molar-refractivity contribution in [3.05, 3.63) is 11.8 Å². The van der Waals surface area contributed by atoms with Crippen LogP contribution in [0.1, 0.15) is 32.6 Å². The third-order valence-corrected chi connectivity index (χ3v) is 5.03. The van der Waals surface area contributed by atoms with Crippen molar-refractivity contribution in [3.63, 3.8) is 0 Å². The fraction of sp³-hybridized carbons (Fsp3) is 0.812. The fourth-order valence-electron chi connectivity index (χ4n) is 3.54. The molecule has 0 amide bonds. The number of nitrogens with zero attached hydrogens (tertiary/aromatic N) is 3. The Hall–Kier alpha value is -1.07. The van der Waals surface area contributed by atoms with Gasteiger partial charge in [0.15, 0.2) is 5.96 Å². The smallest absolute Gasteiger partial charge is 0.195 e. The lowest BCUT2D eigenvalue weighted by molar-refractivity contribution is 0.0868. The normalized spacial score (nSPS) is 32.1. The summed E-state index contributed by atoms with van der Waals surface area (Å²) in [4.78, 5) is 9.68. The van der Waals surface area contributed by atoms with E-state index in [1.165, 1.54) is 57.4 Å². The van der Waals surface area contributed by atoms with Gasteiger partial charge < -0.3 is 15.5 Å². The molecule has 2 fully saturated rings. The molecular formula is C16H29N5. The van der Waals surface area contributed by atoms with Gasteiger partial charge in [-0.25, -0.2) is 4.99 Å². The van der Waals surface area contributed by atoms with E-state index in [0.29, 0.717) is 6.04 Å². The molecule has 1 aliphatic carbocycles. The van der Waals surface area contributed by atoms with Gasteiger partial charge in [0.05, 0.1) is 6.54 Å². The highest BCUT2D eigenvalue weighted by atomic mass is 15.3. The molecule has 1 saturated heterocycles. The van der Waals surface area contributed by atoms with Crippen molar-refractivity contribution in [2.45, 2.75) is 44.7 Å². The van der Waals surface area contributed by atoms with Gasteiger partial charge in [0.2, 0.25) is 0 Å². The lowest BCUT2D eigenvalue weighted by Crippen LogP contribution is -2.52. The van der Waals surface area contributed by atoms with Crippen LogP contribution in [0.5, 0.6) is 0 Å². The van der Waals surface area contributed by atoms with Crippen molar-refractivity contribution in [1.82, 2.24) is 20.4 Å². The quantitative estimate of drug-likeness (QED) is 0.796. The summed E-state index contributed by atoms with van der Waals surface area (Å²) in [5.74, 6) is 0.962. The maximum atomic E-state index is 4.53. The van der Waals surface area contributed by atoms with E-state index in [0.717, 1.165) is 18.5 Å². The molecule has 0 aromatic heterocycles. The van der Waals surface area contributed by atoms with Gasteiger partial charge in [-0.05, 0) is 45.2 Å². The molecule has 118 valence electrons. The van der Waals surface area contributed by atoms with Gasteiger partial charge in [-0.15, -0.1) is 0 Å². The first kappa shape index (κ1) is 14.9. The summed E-state index contributed by atoms with van der Waals surface area (Å²) in [5, 5.41) is 6.83. The van der Waals surface area contributed by atoms with Gasteiger partial charge in [0.25, 0.3) is 0 Å². The summed E-state index contributed by atoms with van der Waals surface area (Å²) in [6, 6.07) is 1.40. The number of hydrogen-bond acceptors (Lipinski definition) is 5. The summed E-state index contributed by atoms with van der Waals surface area (Å²) >= 11 is 0. The molecule has 21 heavy (non-hydrogen) atoms. The zero-order chi connectivity index (χ0) is 14.7. The molecule has 2 aliphatic heterocycles. The molecule has 0 aromatic rings. The second-order valence-electron chi connectivity index (χ2n) is 6.79. The van der Waals surface area contributed by atoms with Gasteiger partial charge in [-0.2, -0.15) is 0 Å². The van der Waals surface area contributed by atoms with Crippen molar-refractivity contribution >= 4 is 5.96 Å². The molecule has 2 N–H and O–H groups in total. The van der Waals surface area contributed by atoms with E-state index in [9.17, 15) is 0 Å². The zero-order valence-corrected chi connectivity index (χ0v) is 13.4. The van der Waals surface area contributed by atoms with Crippen molar-refractivity contribution in [3.8, 4) is 0 Å². The molecule has 0 spiro atoms. The van der Waals surface area contributed by atoms with Crippen LogP contribution >= 0.6 is 0 Å². The average molecular weight is 291 g/mol. The van der Waals surface area contributed by atoms with E-state index < -0.39 is 0 Å². The molecule has 3 rings (SSSR count). The van der Waals surface area contributed by atoms with Crippen LogP contribution in [0.4, 0.5) is 0 Å². The van der Waals surface area contributed by atoms with Gasteiger partial charge >= 0.3 is 0 Å². The number of rotatable bonds is 2. The predicted octanol–water partition coefficient (Wildman–Crippen LogP) is 0.998. The zero-order valence-electron chi connectivity index (χ0n) is 13.4. The summed E-state index contributed by atoms with van der Waals surface area (Å²) in [6.07, 6.45) is 7.24. The van der Waals surface area contributed by atoms with Crippen LogP contribution in [-0.4, -0.2) is 67.6 Å². The SMILES string of the molecule is CC1=CNC(NC2CCC(N3CCN(C)CC3)CC2)=NC1. The number of likely N-dealkylation sites (N-methyl/N-ethyl adjacent to an activating group) is 1. The van der Waals surface area contributed by atoms with Crippen molar-refractivity contribution in [2.24, 2.45) is 4.99 Å². The highest BCUT2D eigenvalue weighted by molar-refractivity contribution is 5.82. The molecule has 2 heterocycles. The van der Waals surface area contributed by atoms with Crippen molar-refractivity contribution < 1.29 is 0 Å². The van der Waals surface area contributed by atoms with Crippen LogP contribution in [0.15, 0.2) is 16.8 Å². The predicted molar refractivity (Wildman–Crippen MR) is 87.4 cm³/mol. The van der Waals surface area contributed by atoms with Crippen molar-refractivity contribution in [2.75, 3.05) is 39.8 Å². The molecule has 1 saturated carbocycles. The van der Waals surface area contributed by atoms with Gasteiger partial charge in [0.1, 0.15) is 0 Å². The Morgan fingerprint density at radius 2 is 1.86 bits per heavy atom. The first-order valence-corrected chi connectivity index (χ1v) is 8.36. The molecular weight excluding hydrogens is 262 g/mol. The van der Waals surface area contributed by atoms with Crippen LogP contribution in [0.2, 0.25) is 0 Å². The number of aliphatic imine (C=N–C) groups is 1. The molecule has 0 unspecified atom stereocenters. The molecule has 0 aromatic carbocycles. The summed E-state index contributed by atoms with van der Waals surface area (Å²) in [7, 11) is 2.23. The van der Waals surface area contributed by atoms with E-state index in [-0.39, 0.29) is 0 Å². The monoisotopic (exact) mass is 291 g/mol. The molecule has 3 aliphatic rings. The largest absolute Gasteiger partial charge is 0.353 e. The molecule has 5 heteroatoms. The van der Waals surface area contributed by atoms with Gasteiger partial charge in [-0.3, -0.25) is 4.90 Å². The maximum absolute atomic E-state index is 4.53. The Bertz CT molecular complexity index is 401. The summed E-state index contributed by atoms with van der Waals surface area (Å²) < 4.78 is 0. The van der Waals surface area contributed by atoms with Crippen LogP contribution in [0, 0.1) is 0 Å². The van der Waals surface area contributed by atoms with Crippen LogP contribution in [0.3, 0.4) is 0 Å². The molecule has 0 atom stereocenters. The van der Waals surface area contributed by atoms with Crippen LogP contribution in [0.25, 0.3) is 0 Å². The van der Waals surface area contributed by atoms with Gasteiger partial charge in [-0.1, -0.05) is 0 Å². The van der Waals surface area contributed by atoms with Crippen LogP contribution < -0.4 is 10.6 Å². The van der Waals surface area contributed by atoms with Crippen molar-refractivity contribution in [1.29, 1.82) is 0 Å². The third kappa shape index (κ3) is 3.98. The molecule has 0 bridgehead atoms. The Morgan fingerprint density at radius 1 is 1.14 bits per heavy atom. The second-order valence-corrected chi connectivity index (χ2v) is 6.79. The van der Waals surface area contributed by atoms with E-state index in [4.69, 9.17) is 0 Å². The van der Waals surface area contributed by atoms with E-state index in [1.807, 2.05) is 0 Å². The maximum Gasteiger partial charge on any atom is 0.195 e. The lowest BCUT2D eigenvalue weighted by Gasteiger charge is -2.41. The topological polar surface area (TPSA) is 42.9 Å². The third-order valence-electron chi connectivity index (χ3n) is 5.03. The summed E-state index contributed by atoms with van der Waals surface area (Å²) in [5.41, 5.74) is 1.29. The Balaban J connectivity index is 1.41. The van der Waals surface area contributed by atoms with E-state index >= 15 is 0 Å². The summed E-state index contributed by atoms with van der Waals surface area (Å²) in [6.45, 7) is 7.88. The average Bonchev–Trinajstić information content (AvgIpc) is 2.51. The Kier molecular flexibility index (Phi) is 4.80. The lowest BCUT2D eigenvalue weighted by atomic mass is 9.90. The van der Waals surface area contributed by atoms with E-state index in [1.54, 1.807) is 0 Å². The number of hydrogen-bond donors (Lipinski definition) is 2. The second kappa shape index (κ2) is 6.79. The minimum absolute atomic E-state index is 0.590. The minimum atomic E-state index is 0.590. The standard InChI is InChI=1S/C16H29N5/c1-13-11-17-16(18-12-13)19-14-3-5-15(6-4-14)21-9-7-20(2)8-10-21/h11,14-15H,3-10,12H2,1-2H3,(H2,17,18,19). The number of guanidine groups is 1. The Labute approximate surface area is 128 Å². The minimum Gasteiger partial charge on any atom is -0.353 e. The fourth-order valence-corrected chi connectivity index (χ4v) is 3.54. The van der Waals surface area contributed by atoms with Crippen LogP contribution in [-0.2, 0) is 0 Å². The molecule has 5 nitrogen and oxygen atoms in total. The first-order chi connectivity index (χ1) is 10.2. The number of nitrogens with one attached hydrogen (secondary N) is 2.